The molecule has 0 saturated heterocycles. The molecule has 2 aromatic rings. The van der Waals surface area contributed by atoms with Crippen LogP contribution in [0, 0.1) is 5.82 Å². The molecule has 0 aliphatic rings. The van der Waals surface area contributed by atoms with Crippen LogP contribution in [-0.4, -0.2) is 9.55 Å². The third-order valence-electron chi connectivity index (χ3n) is 2.20. The fourth-order valence-corrected chi connectivity index (χ4v) is 1.37. The molecule has 0 fully saturated rings. The summed E-state index contributed by atoms with van der Waals surface area (Å²) in [6.45, 7) is 0.113. The highest BCUT2D eigenvalue weighted by molar-refractivity contribution is 5.32. The third kappa shape index (κ3) is 1.99. The largest absolute Gasteiger partial charge is 0.326 e. The lowest BCUT2D eigenvalue weighted by molar-refractivity contribution is 0.626. The average Bonchev–Trinajstić information content (AvgIpc) is 2.29. The Morgan fingerprint density at radius 1 is 1.44 bits per heavy atom. The molecule has 1 aromatic heterocycles. The highest BCUT2D eigenvalue weighted by atomic mass is 19.1. The van der Waals surface area contributed by atoms with Crippen molar-refractivity contribution in [2.24, 2.45) is 5.73 Å². The van der Waals surface area contributed by atoms with Crippen molar-refractivity contribution in [3.63, 3.8) is 0 Å². The topological polar surface area (TPSA) is 60.9 Å². The van der Waals surface area contributed by atoms with Crippen LogP contribution >= 0.6 is 0 Å². The van der Waals surface area contributed by atoms with Gasteiger partial charge in [0.2, 0.25) is 0 Å². The van der Waals surface area contributed by atoms with Crippen molar-refractivity contribution in [3.05, 3.63) is 58.5 Å². The molecule has 1 aromatic carbocycles. The summed E-state index contributed by atoms with van der Waals surface area (Å²) in [4.78, 5) is 14.9. The van der Waals surface area contributed by atoms with E-state index in [1.807, 2.05) is 0 Å². The smallest absolute Gasteiger partial charge is 0.277 e. The Balaban J connectivity index is 2.52. The molecule has 0 aliphatic carbocycles. The van der Waals surface area contributed by atoms with Crippen LogP contribution in [0.2, 0.25) is 0 Å². The second kappa shape index (κ2) is 4.24. The molecule has 0 bridgehead atoms. The summed E-state index contributed by atoms with van der Waals surface area (Å²) in [5.41, 5.74) is 6.04. The molecule has 82 valence electrons. The molecular formula is C11H10FN3O. The normalized spacial score (nSPS) is 10.4. The number of benzene rings is 1. The van der Waals surface area contributed by atoms with Gasteiger partial charge >= 0.3 is 0 Å². The second-order valence-electron chi connectivity index (χ2n) is 3.30. The monoisotopic (exact) mass is 219 g/mol. The number of halogens is 1. The lowest BCUT2D eigenvalue weighted by atomic mass is 10.3. The Morgan fingerprint density at radius 3 is 2.94 bits per heavy atom. The van der Waals surface area contributed by atoms with E-state index < -0.39 is 0 Å². The van der Waals surface area contributed by atoms with Crippen LogP contribution in [0.15, 0.2) is 41.6 Å². The summed E-state index contributed by atoms with van der Waals surface area (Å²) in [5, 5.41) is 0. The minimum atomic E-state index is -0.352. The SMILES string of the molecule is NCc1cn(-c2cccc(F)c2)cnc1=O. The highest BCUT2D eigenvalue weighted by Crippen LogP contribution is 2.08. The molecule has 1 heterocycles. The van der Waals surface area contributed by atoms with Crippen LogP contribution in [0.25, 0.3) is 5.69 Å². The summed E-state index contributed by atoms with van der Waals surface area (Å²) in [7, 11) is 0. The van der Waals surface area contributed by atoms with Crippen LogP contribution in [0.4, 0.5) is 4.39 Å². The molecule has 0 amide bonds. The first-order chi connectivity index (χ1) is 7.70. The van der Waals surface area contributed by atoms with Gasteiger partial charge in [0.1, 0.15) is 12.1 Å². The predicted molar refractivity (Wildman–Crippen MR) is 57.7 cm³/mol. The zero-order valence-electron chi connectivity index (χ0n) is 8.43. The van der Waals surface area contributed by atoms with Crippen molar-refractivity contribution >= 4 is 0 Å². The fraction of sp³-hybridized carbons (Fsp3) is 0.0909. The Hall–Kier alpha value is -2.01. The summed E-state index contributed by atoms with van der Waals surface area (Å²) in [6.07, 6.45) is 2.90. The molecule has 0 saturated carbocycles. The number of hydrogen-bond donors (Lipinski definition) is 1. The standard InChI is InChI=1S/C11H10FN3O/c12-9-2-1-3-10(4-9)15-6-8(5-13)11(16)14-7-15/h1-4,6-7H,5,13H2. The van der Waals surface area contributed by atoms with Crippen molar-refractivity contribution in [2.75, 3.05) is 0 Å². The second-order valence-corrected chi connectivity index (χ2v) is 3.30. The van der Waals surface area contributed by atoms with Gasteiger partial charge in [-0.3, -0.25) is 4.79 Å². The lowest BCUT2D eigenvalue weighted by Gasteiger charge is -2.06. The number of rotatable bonds is 2. The van der Waals surface area contributed by atoms with Crippen LogP contribution in [-0.2, 0) is 6.54 Å². The van der Waals surface area contributed by atoms with Gasteiger partial charge in [-0.2, -0.15) is 4.98 Å². The van der Waals surface area contributed by atoms with Crippen LogP contribution < -0.4 is 11.3 Å². The number of nitrogens with zero attached hydrogens (tertiary/aromatic N) is 2. The third-order valence-corrected chi connectivity index (χ3v) is 2.20. The van der Waals surface area contributed by atoms with E-state index in [1.165, 1.54) is 18.5 Å². The Labute approximate surface area is 91.2 Å². The fourth-order valence-electron chi connectivity index (χ4n) is 1.37. The molecule has 0 aliphatic heterocycles. The summed E-state index contributed by atoms with van der Waals surface area (Å²) >= 11 is 0. The Morgan fingerprint density at radius 2 is 2.25 bits per heavy atom. The molecule has 2 rings (SSSR count). The maximum absolute atomic E-state index is 13.0. The van der Waals surface area contributed by atoms with Crippen molar-refractivity contribution < 1.29 is 4.39 Å². The van der Waals surface area contributed by atoms with E-state index in [0.29, 0.717) is 11.3 Å². The van der Waals surface area contributed by atoms with Crippen LogP contribution in [0.5, 0.6) is 0 Å². The minimum absolute atomic E-state index is 0.113. The van der Waals surface area contributed by atoms with Gasteiger partial charge in [-0.15, -0.1) is 0 Å². The molecule has 0 spiro atoms. The first-order valence-electron chi connectivity index (χ1n) is 4.74. The van der Waals surface area contributed by atoms with E-state index in [0.717, 1.165) is 0 Å². The van der Waals surface area contributed by atoms with Crippen molar-refractivity contribution in [3.8, 4) is 5.69 Å². The van der Waals surface area contributed by atoms with Crippen LogP contribution in [0.1, 0.15) is 5.56 Å². The van der Waals surface area contributed by atoms with E-state index in [4.69, 9.17) is 5.73 Å². The maximum Gasteiger partial charge on any atom is 0.277 e. The summed E-state index contributed by atoms with van der Waals surface area (Å²) < 4.78 is 14.6. The molecule has 16 heavy (non-hydrogen) atoms. The van der Waals surface area contributed by atoms with E-state index in [9.17, 15) is 9.18 Å². The minimum Gasteiger partial charge on any atom is -0.326 e. The van der Waals surface area contributed by atoms with Gasteiger partial charge in [0.15, 0.2) is 0 Å². The van der Waals surface area contributed by atoms with E-state index >= 15 is 0 Å². The lowest BCUT2D eigenvalue weighted by Crippen LogP contribution is -2.18. The van der Waals surface area contributed by atoms with Gasteiger partial charge in [0.05, 0.1) is 0 Å². The van der Waals surface area contributed by atoms with Gasteiger partial charge in [-0.05, 0) is 18.2 Å². The van der Waals surface area contributed by atoms with E-state index in [2.05, 4.69) is 4.98 Å². The number of hydrogen-bond acceptors (Lipinski definition) is 3. The molecular weight excluding hydrogens is 209 g/mol. The predicted octanol–water partition coefficient (Wildman–Crippen LogP) is 0.830. The van der Waals surface area contributed by atoms with E-state index in [1.54, 1.807) is 22.9 Å². The highest BCUT2D eigenvalue weighted by Gasteiger charge is 2.01. The van der Waals surface area contributed by atoms with Crippen LogP contribution in [0.3, 0.4) is 0 Å². The first kappa shape index (κ1) is 10.5. The maximum atomic E-state index is 13.0. The zero-order valence-corrected chi connectivity index (χ0v) is 8.43. The van der Waals surface area contributed by atoms with Crippen molar-refractivity contribution in [2.45, 2.75) is 6.54 Å². The Bertz CT molecular complexity index is 565. The van der Waals surface area contributed by atoms with Crippen molar-refractivity contribution in [1.82, 2.24) is 9.55 Å². The van der Waals surface area contributed by atoms with Gasteiger partial charge in [0, 0.05) is 24.0 Å². The summed E-state index contributed by atoms with van der Waals surface area (Å²) in [6, 6.07) is 6.01. The Kier molecular flexibility index (Phi) is 2.78. The molecule has 0 unspecified atom stereocenters. The van der Waals surface area contributed by atoms with Gasteiger partial charge < -0.3 is 10.3 Å². The first-order valence-corrected chi connectivity index (χ1v) is 4.74. The summed E-state index contributed by atoms with van der Waals surface area (Å²) in [5.74, 6) is -0.342. The van der Waals surface area contributed by atoms with Gasteiger partial charge in [0.25, 0.3) is 5.56 Å². The number of aromatic nitrogens is 2. The van der Waals surface area contributed by atoms with E-state index in [-0.39, 0.29) is 17.9 Å². The van der Waals surface area contributed by atoms with Gasteiger partial charge in [-0.25, -0.2) is 4.39 Å². The molecule has 0 radical (unpaired) electrons. The average molecular weight is 219 g/mol. The van der Waals surface area contributed by atoms with Crippen molar-refractivity contribution in [1.29, 1.82) is 0 Å². The van der Waals surface area contributed by atoms with Gasteiger partial charge in [-0.1, -0.05) is 6.07 Å². The zero-order chi connectivity index (χ0) is 11.5. The molecule has 5 heteroatoms. The number of nitrogens with two attached hydrogens (primary N) is 1. The quantitative estimate of drug-likeness (QED) is 0.813. The molecule has 0 atom stereocenters. The molecule has 4 nitrogen and oxygen atoms in total. The molecule has 2 N–H and O–H groups in total.